The molecular formula is C12H10N4O2. The lowest BCUT2D eigenvalue weighted by Crippen LogP contribution is -2.01. The van der Waals surface area contributed by atoms with Crippen LogP contribution in [-0.4, -0.2) is 33.2 Å². The Morgan fingerprint density at radius 3 is 3.00 bits per heavy atom. The van der Waals surface area contributed by atoms with Crippen molar-refractivity contribution in [3.05, 3.63) is 36.2 Å². The molecule has 2 N–H and O–H groups in total. The number of carbonyl (C=O) groups is 1. The highest BCUT2D eigenvalue weighted by molar-refractivity contribution is 6.02. The number of imidazole rings is 1. The fourth-order valence-corrected chi connectivity index (χ4v) is 1.82. The number of benzene rings is 1. The van der Waals surface area contributed by atoms with Gasteiger partial charge in [-0.2, -0.15) is 5.10 Å². The number of H-pyrrole nitrogens is 2. The summed E-state index contributed by atoms with van der Waals surface area (Å²) in [5, 5.41) is 6.59. The maximum atomic E-state index is 11.6. The van der Waals surface area contributed by atoms with E-state index < -0.39 is 5.97 Å². The molecule has 0 saturated heterocycles. The Morgan fingerprint density at radius 2 is 2.28 bits per heavy atom. The lowest BCUT2D eigenvalue weighted by atomic mass is 10.2. The van der Waals surface area contributed by atoms with E-state index in [1.807, 2.05) is 6.07 Å². The summed E-state index contributed by atoms with van der Waals surface area (Å²) in [6.07, 6.45) is 3.39. The average molecular weight is 242 g/mol. The average Bonchev–Trinajstić information content (AvgIpc) is 3.04. The van der Waals surface area contributed by atoms with Crippen LogP contribution in [0, 0.1) is 0 Å². The van der Waals surface area contributed by atoms with E-state index in [1.165, 1.54) is 7.11 Å². The summed E-state index contributed by atoms with van der Waals surface area (Å²) in [7, 11) is 1.35. The normalized spacial score (nSPS) is 10.7. The molecule has 0 radical (unpaired) electrons. The predicted octanol–water partition coefficient (Wildman–Crippen LogP) is 1.74. The Balaban J connectivity index is 2.20. The molecule has 0 aliphatic heterocycles. The summed E-state index contributed by atoms with van der Waals surface area (Å²) in [4.78, 5) is 19.2. The molecule has 1 aromatic carbocycles. The summed E-state index contributed by atoms with van der Waals surface area (Å²) < 4.78 is 4.73. The van der Waals surface area contributed by atoms with Crippen molar-refractivity contribution < 1.29 is 9.53 Å². The monoisotopic (exact) mass is 242 g/mol. The Labute approximate surface area is 102 Å². The van der Waals surface area contributed by atoms with Gasteiger partial charge in [-0.15, -0.1) is 0 Å². The second-order valence-electron chi connectivity index (χ2n) is 3.77. The lowest BCUT2D eigenvalue weighted by molar-refractivity contribution is 0.0603. The smallest absolute Gasteiger partial charge is 0.340 e. The number of aromatic nitrogens is 4. The van der Waals surface area contributed by atoms with Crippen LogP contribution in [0.2, 0.25) is 0 Å². The van der Waals surface area contributed by atoms with Gasteiger partial charge in [0.15, 0.2) is 0 Å². The van der Waals surface area contributed by atoms with Crippen molar-refractivity contribution in [2.75, 3.05) is 7.11 Å². The molecular weight excluding hydrogens is 232 g/mol. The Morgan fingerprint density at radius 1 is 1.39 bits per heavy atom. The van der Waals surface area contributed by atoms with Gasteiger partial charge in [0.1, 0.15) is 11.3 Å². The molecule has 3 rings (SSSR count). The zero-order chi connectivity index (χ0) is 12.5. The number of esters is 1. The van der Waals surface area contributed by atoms with Crippen LogP contribution in [-0.2, 0) is 4.74 Å². The fraction of sp³-hybridized carbons (Fsp3) is 0.0833. The molecule has 0 saturated carbocycles. The quantitative estimate of drug-likeness (QED) is 0.670. The van der Waals surface area contributed by atoms with Crippen LogP contribution in [0.4, 0.5) is 0 Å². The molecule has 18 heavy (non-hydrogen) atoms. The molecule has 0 amide bonds. The highest BCUT2D eigenvalue weighted by atomic mass is 16.5. The van der Waals surface area contributed by atoms with Crippen molar-refractivity contribution in [3.63, 3.8) is 0 Å². The second-order valence-corrected chi connectivity index (χ2v) is 3.77. The minimum Gasteiger partial charge on any atom is -0.465 e. The maximum absolute atomic E-state index is 11.6. The molecule has 2 aromatic heterocycles. The molecule has 0 unspecified atom stereocenters. The Kier molecular flexibility index (Phi) is 2.33. The minimum absolute atomic E-state index is 0.397. The van der Waals surface area contributed by atoms with Crippen molar-refractivity contribution in [1.29, 1.82) is 0 Å². The first-order chi connectivity index (χ1) is 8.79. The molecule has 0 atom stereocenters. The van der Waals surface area contributed by atoms with E-state index in [1.54, 1.807) is 24.5 Å². The van der Waals surface area contributed by atoms with Crippen molar-refractivity contribution in [3.8, 4) is 11.4 Å². The van der Waals surface area contributed by atoms with E-state index >= 15 is 0 Å². The van der Waals surface area contributed by atoms with Crippen LogP contribution in [0.15, 0.2) is 30.6 Å². The lowest BCUT2D eigenvalue weighted by Gasteiger charge is -1.98. The van der Waals surface area contributed by atoms with Crippen LogP contribution >= 0.6 is 0 Å². The van der Waals surface area contributed by atoms with Crippen LogP contribution in [0.1, 0.15) is 10.4 Å². The van der Waals surface area contributed by atoms with E-state index in [0.29, 0.717) is 16.9 Å². The third kappa shape index (κ3) is 1.55. The first-order valence-electron chi connectivity index (χ1n) is 5.36. The van der Waals surface area contributed by atoms with E-state index in [2.05, 4.69) is 20.2 Å². The molecule has 6 nitrogen and oxygen atoms in total. The van der Waals surface area contributed by atoms with Crippen LogP contribution in [0.5, 0.6) is 0 Å². The standard InChI is InChI=1S/C12H10N4O2/c1-18-12(17)8-3-2-4-9-10(8)16-11(15-9)7-5-13-14-6-7/h2-6H,1H3,(H,13,14)(H,15,16). The van der Waals surface area contributed by atoms with Gasteiger partial charge in [-0.3, -0.25) is 5.10 Å². The number of para-hydroxylation sites is 1. The molecule has 0 bridgehead atoms. The zero-order valence-electron chi connectivity index (χ0n) is 9.60. The van der Waals surface area contributed by atoms with Crippen LogP contribution in [0.3, 0.4) is 0 Å². The third-order valence-corrected chi connectivity index (χ3v) is 2.69. The summed E-state index contributed by atoms with van der Waals surface area (Å²) in [6, 6.07) is 5.33. The van der Waals surface area contributed by atoms with Crippen molar-refractivity contribution in [2.24, 2.45) is 0 Å². The number of aromatic amines is 2. The molecule has 0 aliphatic rings. The van der Waals surface area contributed by atoms with Crippen molar-refractivity contribution >= 4 is 17.0 Å². The topological polar surface area (TPSA) is 83.7 Å². The predicted molar refractivity (Wildman–Crippen MR) is 65.0 cm³/mol. The number of hydrogen-bond donors (Lipinski definition) is 2. The third-order valence-electron chi connectivity index (χ3n) is 2.69. The van der Waals surface area contributed by atoms with Gasteiger partial charge < -0.3 is 9.72 Å². The first-order valence-corrected chi connectivity index (χ1v) is 5.36. The van der Waals surface area contributed by atoms with Gasteiger partial charge in [-0.05, 0) is 12.1 Å². The number of hydrogen-bond acceptors (Lipinski definition) is 4. The molecule has 0 aliphatic carbocycles. The number of nitrogens with zero attached hydrogens (tertiary/aromatic N) is 2. The summed E-state index contributed by atoms with van der Waals surface area (Å²) in [5.41, 5.74) is 2.66. The Bertz CT molecular complexity index is 700. The van der Waals surface area contributed by atoms with E-state index in [4.69, 9.17) is 4.74 Å². The molecule has 3 aromatic rings. The van der Waals surface area contributed by atoms with Crippen LogP contribution < -0.4 is 0 Å². The van der Waals surface area contributed by atoms with Gasteiger partial charge in [-0.25, -0.2) is 9.78 Å². The number of carbonyl (C=O) groups excluding carboxylic acids is 1. The number of methoxy groups -OCH3 is 1. The number of ether oxygens (including phenoxy) is 1. The summed E-state index contributed by atoms with van der Waals surface area (Å²) in [6.45, 7) is 0. The van der Waals surface area contributed by atoms with Gasteiger partial charge in [-0.1, -0.05) is 6.07 Å². The minimum atomic E-state index is -0.397. The molecule has 90 valence electrons. The van der Waals surface area contributed by atoms with Crippen LogP contribution in [0.25, 0.3) is 22.4 Å². The number of fused-ring (bicyclic) bond motifs is 1. The molecule has 2 heterocycles. The van der Waals surface area contributed by atoms with Crippen molar-refractivity contribution in [1.82, 2.24) is 20.2 Å². The second kappa shape index (κ2) is 3.99. The largest absolute Gasteiger partial charge is 0.465 e. The highest BCUT2D eigenvalue weighted by Gasteiger charge is 2.14. The van der Waals surface area contributed by atoms with Gasteiger partial charge in [0.25, 0.3) is 0 Å². The van der Waals surface area contributed by atoms with Gasteiger partial charge in [0, 0.05) is 6.20 Å². The molecule has 0 spiro atoms. The van der Waals surface area contributed by atoms with E-state index in [-0.39, 0.29) is 0 Å². The maximum Gasteiger partial charge on any atom is 0.340 e. The first kappa shape index (κ1) is 10.5. The summed E-state index contributed by atoms with van der Waals surface area (Å²) in [5.74, 6) is 0.265. The van der Waals surface area contributed by atoms with Gasteiger partial charge >= 0.3 is 5.97 Å². The van der Waals surface area contributed by atoms with Gasteiger partial charge in [0.05, 0.1) is 30.0 Å². The number of rotatable bonds is 2. The summed E-state index contributed by atoms with van der Waals surface area (Å²) >= 11 is 0. The highest BCUT2D eigenvalue weighted by Crippen LogP contribution is 2.22. The zero-order valence-corrected chi connectivity index (χ0v) is 9.60. The molecule has 6 heteroatoms. The number of nitrogens with one attached hydrogen (secondary N) is 2. The fourth-order valence-electron chi connectivity index (χ4n) is 1.82. The van der Waals surface area contributed by atoms with E-state index in [9.17, 15) is 4.79 Å². The molecule has 0 fully saturated rings. The van der Waals surface area contributed by atoms with E-state index in [0.717, 1.165) is 11.1 Å². The van der Waals surface area contributed by atoms with Crippen molar-refractivity contribution in [2.45, 2.75) is 0 Å². The Hall–Kier alpha value is -2.63. The SMILES string of the molecule is COC(=O)c1cccc2[nH]c(-c3cn[nH]c3)nc12. The van der Waals surface area contributed by atoms with Gasteiger partial charge in [0.2, 0.25) is 0 Å².